The van der Waals surface area contributed by atoms with Crippen LogP contribution in [0.3, 0.4) is 0 Å². The molecule has 0 saturated heterocycles. The van der Waals surface area contributed by atoms with Crippen LogP contribution in [0.15, 0.2) is 70.8 Å². The van der Waals surface area contributed by atoms with Gasteiger partial charge in [0.2, 0.25) is 0 Å². The Morgan fingerprint density at radius 3 is 2.56 bits per heavy atom. The number of halogens is 1. The second-order valence-electron chi connectivity index (χ2n) is 5.55. The van der Waals surface area contributed by atoms with Crippen LogP contribution in [0.5, 0.6) is 5.75 Å². The maximum Gasteiger partial charge on any atom is 0.191 e. The molecule has 0 aliphatic heterocycles. The Labute approximate surface area is 170 Å². The van der Waals surface area contributed by atoms with Gasteiger partial charge in [-0.3, -0.25) is 4.57 Å². The largest absolute Gasteiger partial charge is 0.493 e. The van der Waals surface area contributed by atoms with Gasteiger partial charge in [0, 0.05) is 22.3 Å². The maximum absolute atomic E-state index is 8.82. The first-order chi connectivity index (χ1) is 13.2. The number of nitriles is 1. The Bertz CT molecular complexity index is 946. The second kappa shape index (κ2) is 9.40. The summed E-state index contributed by atoms with van der Waals surface area (Å²) in [4.78, 5) is 0. The molecule has 2 aromatic carbocycles. The number of rotatable bonds is 8. The van der Waals surface area contributed by atoms with Gasteiger partial charge in [-0.05, 0) is 36.4 Å². The van der Waals surface area contributed by atoms with E-state index in [1.807, 2.05) is 34.9 Å². The second-order valence-corrected chi connectivity index (χ2v) is 7.52. The lowest BCUT2D eigenvalue weighted by atomic mass is 10.2. The highest BCUT2D eigenvalue weighted by atomic mass is 79.9. The zero-order valence-electron chi connectivity index (χ0n) is 14.5. The van der Waals surface area contributed by atoms with Crippen LogP contribution >= 0.6 is 27.7 Å². The summed E-state index contributed by atoms with van der Waals surface area (Å²) in [5, 5.41) is 18.3. The quantitative estimate of drug-likeness (QED) is 0.282. The minimum absolute atomic E-state index is 0.533. The van der Waals surface area contributed by atoms with E-state index in [9.17, 15) is 0 Å². The number of thioether (sulfide) groups is 1. The number of hydrogen-bond donors (Lipinski definition) is 0. The van der Waals surface area contributed by atoms with Crippen LogP contribution in [-0.4, -0.2) is 27.1 Å². The van der Waals surface area contributed by atoms with Crippen molar-refractivity contribution in [2.24, 2.45) is 0 Å². The number of allylic oxidation sites excluding steroid dienone is 1. The molecule has 0 aliphatic rings. The van der Waals surface area contributed by atoms with Crippen LogP contribution in [0.4, 0.5) is 0 Å². The molecule has 3 aromatic rings. The fourth-order valence-electron chi connectivity index (χ4n) is 2.42. The van der Waals surface area contributed by atoms with Crippen molar-refractivity contribution >= 4 is 27.7 Å². The summed E-state index contributed by atoms with van der Waals surface area (Å²) in [6.07, 6.45) is 1.84. The van der Waals surface area contributed by atoms with E-state index in [2.05, 4.69) is 38.8 Å². The molecule has 0 fully saturated rings. The molecule has 0 atom stereocenters. The third kappa shape index (κ3) is 5.00. The maximum atomic E-state index is 8.82. The molecule has 3 rings (SSSR count). The van der Waals surface area contributed by atoms with Gasteiger partial charge in [0.25, 0.3) is 0 Å². The molecule has 1 aromatic heterocycles. The highest BCUT2D eigenvalue weighted by Crippen LogP contribution is 2.25. The molecule has 0 spiro atoms. The Morgan fingerprint density at radius 1 is 1.15 bits per heavy atom. The monoisotopic (exact) mass is 440 g/mol. The Morgan fingerprint density at radius 2 is 1.89 bits per heavy atom. The summed E-state index contributed by atoms with van der Waals surface area (Å²) in [5.41, 5.74) is 1.63. The van der Waals surface area contributed by atoms with Crippen LogP contribution in [-0.2, 0) is 6.54 Å². The van der Waals surface area contributed by atoms with Crippen LogP contribution in [0.1, 0.15) is 5.56 Å². The third-order valence-corrected chi connectivity index (χ3v) is 5.16. The van der Waals surface area contributed by atoms with Crippen molar-refractivity contribution in [3.05, 3.63) is 71.2 Å². The summed E-state index contributed by atoms with van der Waals surface area (Å²) >= 11 is 5.04. The van der Waals surface area contributed by atoms with Gasteiger partial charge in [-0.25, -0.2) is 0 Å². The lowest BCUT2D eigenvalue weighted by Crippen LogP contribution is -2.04. The van der Waals surface area contributed by atoms with E-state index >= 15 is 0 Å². The first-order valence-corrected chi connectivity index (χ1v) is 10.0. The fraction of sp³-hybridized carbons (Fsp3) is 0.150. The van der Waals surface area contributed by atoms with Crippen molar-refractivity contribution in [3.63, 3.8) is 0 Å². The minimum atomic E-state index is 0.533. The van der Waals surface area contributed by atoms with Gasteiger partial charge in [0.15, 0.2) is 11.0 Å². The topological polar surface area (TPSA) is 63.7 Å². The van der Waals surface area contributed by atoms with Crippen LogP contribution in [0, 0.1) is 11.3 Å². The van der Waals surface area contributed by atoms with Gasteiger partial charge >= 0.3 is 0 Å². The van der Waals surface area contributed by atoms with Crippen molar-refractivity contribution in [1.82, 2.24) is 14.8 Å². The van der Waals surface area contributed by atoms with Crippen LogP contribution in [0.2, 0.25) is 0 Å². The number of ether oxygens (including phenoxy) is 1. The molecule has 0 unspecified atom stereocenters. The predicted molar refractivity (Wildman–Crippen MR) is 111 cm³/mol. The standard InChI is InChI=1S/C20H17BrN4OS/c1-2-11-25-19(16-5-7-17(21)8-6-16)23-24-20(25)27-13-12-26-18-9-3-15(14-22)4-10-18/h2-10H,1,11-13H2. The van der Waals surface area contributed by atoms with E-state index in [-0.39, 0.29) is 0 Å². The van der Waals surface area contributed by atoms with Gasteiger partial charge in [-0.15, -0.1) is 16.8 Å². The van der Waals surface area contributed by atoms with E-state index < -0.39 is 0 Å². The summed E-state index contributed by atoms with van der Waals surface area (Å²) in [7, 11) is 0. The lowest BCUT2D eigenvalue weighted by molar-refractivity contribution is 0.344. The summed E-state index contributed by atoms with van der Waals surface area (Å²) in [6.45, 7) is 5.00. The summed E-state index contributed by atoms with van der Waals surface area (Å²) < 4.78 is 8.79. The first-order valence-electron chi connectivity index (χ1n) is 8.27. The van der Waals surface area contributed by atoms with Crippen LogP contribution in [0.25, 0.3) is 11.4 Å². The Hall–Kier alpha value is -2.56. The van der Waals surface area contributed by atoms with E-state index in [1.165, 1.54) is 0 Å². The molecule has 5 nitrogen and oxygen atoms in total. The van der Waals surface area contributed by atoms with Crippen molar-refractivity contribution in [3.8, 4) is 23.2 Å². The molecule has 0 N–H and O–H groups in total. The molecule has 1 heterocycles. The Kier molecular flexibility index (Phi) is 6.69. The summed E-state index contributed by atoms with van der Waals surface area (Å²) in [5.74, 6) is 2.30. The minimum Gasteiger partial charge on any atom is -0.493 e. The van der Waals surface area contributed by atoms with Crippen molar-refractivity contribution in [2.45, 2.75) is 11.7 Å². The molecule has 136 valence electrons. The number of benzene rings is 2. The molecule has 0 aliphatic carbocycles. The molecule has 0 amide bonds. The molecule has 0 radical (unpaired) electrons. The number of nitrogens with zero attached hydrogens (tertiary/aromatic N) is 4. The first kappa shape index (κ1) is 19.2. The molecule has 0 saturated carbocycles. The number of hydrogen-bond acceptors (Lipinski definition) is 5. The number of aromatic nitrogens is 3. The SMILES string of the molecule is C=CCn1c(SCCOc2ccc(C#N)cc2)nnc1-c1ccc(Br)cc1. The van der Waals surface area contributed by atoms with Crippen molar-refractivity contribution < 1.29 is 4.74 Å². The van der Waals surface area contributed by atoms with Gasteiger partial charge in [-0.1, -0.05) is 45.9 Å². The highest BCUT2D eigenvalue weighted by Gasteiger charge is 2.13. The average molecular weight is 441 g/mol. The van der Waals surface area contributed by atoms with E-state index in [1.54, 1.807) is 36.0 Å². The van der Waals surface area contributed by atoms with Crippen LogP contribution < -0.4 is 4.74 Å². The normalized spacial score (nSPS) is 10.4. The van der Waals surface area contributed by atoms with Gasteiger partial charge in [0.05, 0.1) is 18.2 Å². The zero-order valence-corrected chi connectivity index (χ0v) is 16.9. The molecular weight excluding hydrogens is 424 g/mol. The van der Waals surface area contributed by atoms with Gasteiger partial charge < -0.3 is 4.74 Å². The third-order valence-electron chi connectivity index (χ3n) is 3.70. The molecule has 7 heteroatoms. The van der Waals surface area contributed by atoms with Gasteiger partial charge in [-0.2, -0.15) is 5.26 Å². The fourth-order valence-corrected chi connectivity index (χ4v) is 3.45. The zero-order chi connectivity index (χ0) is 19.1. The Balaban J connectivity index is 1.63. The van der Waals surface area contributed by atoms with Crippen molar-refractivity contribution in [1.29, 1.82) is 5.26 Å². The summed E-state index contributed by atoms with van der Waals surface area (Å²) in [6, 6.07) is 17.2. The highest BCUT2D eigenvalue weighted by molar-refractivity contribution is 9.10. The van der Waals surface area contributed by atoms with Gasteiger partial charge in [0.1, 0.15) is 5.75 Å². The average Bonchev–Trinajstić information content (AvgIpc) is 3.09. The molecular formula is C20H17BrN4OS. The van der Waals surface area contributed by atoms with E-state index in [4.69, 9.17) is 10.00 Å². The molecule has 0 bridgehead atoms. The smallest absolute Gasteiger partial charge is 0.191 e. The molecule has 27 heavy (non-hydrogen) atoms. The van der Waals surface area contributed by atoms with E-state index in [0.717, 1.165) is 32.5 Å². The van der Waals surface area contributed by atoms with Crippen molar-refractivity contribution in [2.75, 3.05) is 12.4 Å². The predicted octanol–water partition coefficient (Wildman–Crippen LogP) is 4.94. The van der Waals surface area contributed by atoms with E-state index in [0.29, 0.717) is 18.7 Å². The lowest BCUT2D eigenvalue weighted by Gasteiger charge is -2.09.